The van der Waals surface area contributed by atoms with Gasteiger partial charge in [-0.3, -0.25) is 0 Å². The Morgan fingerprint density at radius 3 is 2.62 bits per heavy atom. The number of esters is 1. The SMILES string of the molecule is C=C(C)C(N)CCC(C)CC=CC(=O)OC. The maximum absolute atomic E-state index is 10.8. The Balaban J connectivity index is 3.74. The van der Waals surface area contributed by atoms with E-state index in [2.05, 4.69) is 18.2 Å². The van der Waals surface area contributed by atoms with Crippen LogP contribution >= 0.6 is 0 Å². The molecule has 0 bridgehead atoms. The van der Waals surface area contributed by atoms with Crippen molar-refractivity contribution in [3.05, 3.63) is 24.3 Å². The highest BCUT2D eigenvalue weighted by Crippen LogP contribution is 2.14. The summed E-state index contributed by atoms with van der Waals surface area (Å²) in [7, 11) is 1.38. The molecule has 0 aliphatic carbocycles. The number of rotatable bonds is 7. The lowest BCUT2D eigenvalue weighted by atomic mass is 9.96. The molecule has 2 unspecified atom stereocenters. The van der Waals surface area contributed by atoms with E-state index in [1.807, 2.05) is 13.0 Å². The summed E-state index contributed by atoms with van der Waals surface area (Å²) in [6.07, 6.45) is 6.18. The van der Waals surface area contributed by atoms with E-state index < -0.39 is 0 Å². The van der Waals surface area contributed by atoms with Gasteiger partial charge < -0.3 is 10.5 Å². The number of carbonyl (C=O) groups is 1. The number of hydrogen-bond acceptors (Lipinski definition) is 3. The third kappa shape index (κ3) is 7.23. The van der Waals surface area contributed by atoms with E-state index in [9.17, 15) is 4.79 Å². The first-order chi connectivity index (χ1) is 7.47. The van der Waals surface area contributed by atoms with E-state index in [1.165, 1.54) is 13.2 Å². The van der Waals surface area contributed by atoms with Crippen molar-refractivity contribution >= 4 is 5.97 Å². The van der Waals surface area contributed by atoms with E-state index >= 15 is 0 Å². The Kier molecular flexibility index (Phi) is 7.56. The normalized spacial score (nSPS) is 14.8. The summed E-state index contributed by atoms with van der Waals surface area (Å²) in [4.78, 5) is 10.8. The van der Waals surface area contributed by atoms with Crippen LogP contribution < -0.4 is 5.73 Å². The predicted molar refractivity (Wildman–Crippen MR) is 67.0 cm³/mol. The Morgan fingerprint density at radius 2 is 2.12 bits per heavy atom. The van der Waals surface area contributed by atoms with Crippen molar-refractivity contribution < 1.29 is 9.53 Å². The molecule has 0 fully saturated rings. The van der Waals surface area contributed by atoms with Crippen LogP contribution in [0.25, 0.3) is 0 Å². The van der Waals surface area contributed by atoms with Crippen LogP contribution in [-0.2, 0) is 9.53 Å². The molecule has 0 rings (SSSR count). The maximum atomic E-state index is 10.8. The number of allylic oxidation sites excluding steroid dienone is 1. The van der Waals surface area contributed by atoms with E-state index in [4.69, 9.17) is 5.73 Å². The minimum atomic E-state index is -0.300. The van der Waals surface area contributed by atoms with Gasteiger partial charge in [0.2, 0.25) is 0 Å². The molecule has 0 aromatic rings. The lowest BCUT2D eigenvalue weighted by molar-refractivity contribution is -0.134. The van der Waals surface area contributed by atoms with Gasteiger partial charge in [0.15, 0.2) is 0 Å². The standard InChI is InChI=1S/C13H23NO2/c1-10(2)12(14)9-8-11(3)6-5-7-13(15)16-4/h5,7,11-12H,1,6,8-9,14H2,2-4H3. The predicted octanol–water partition coefficient (Wildman–Crippen LogP) is 2.43. The lowest BCUT2D eigenvalue weighted by Crippen LogP contribution is -2.21. The fourth-order valence-corrected chi connectivity index (χ4v) is 1.29. The second-order valence-corrected chi connectivity index (χ2v) is 4.30. The number of ether oxygens (including phenoxy) is 1. The van der Waals surface area contributed by atoms with Crippen molar-refractivity contribution in [1.82, 2.24) is 0 Å². The van der Waals surface area contributed by atoms with Crippen molar-refractivity contribution in [1.29, 1.82) is 0 Å². The van der Waals surface area contributed by atoms with Gasteiger partial charge in [0.05, 0.1) is 7.11 Å². The third-order valence-corrected chi connectivity index (χ3v) is 2.60. The smallest absolute Gasteiger partial charge is 0.330 e. The first-order valence-corrected chi connectivity index (χ1v) is 5.62. The monoisotopic (exact) mass is 225 g/mol. The average Bonchev–Trinajstić information content (AvgIpc) is 2.25. The zero-order valence-corrected chi connectivity index (χ0v) is 10.5. The van der Waals surface area contributed by atoms with Gasteiger partial charge in [-0.2, -0.15) is 0 Å². The van der Waals surface area contributed by atoms with E-state index in [-0.39, 0.29) is 12.0 Å². The van der Waals surface area contributed by atoms with Crippen LogP contribution in [0.4, 0.5) is 0 Å². The summed E-state index contributed by atoms with van der Waals surface area (Å²) in [5, 5.41) is 0. The van der Waals surface area contributed by atoms with E-state index in [0.717, 1.165) is 24.8 Å². The van der Waals surface area contributed by atoms with Gasteiger partial charge >= 0.3 is 5.97 Å². The summed E-state index contributed by atoms with van der Waals surface area (Å²) in [6, 6.07) is 0.0898. The third-order valence-electron chi connectivity index (χ3n) is 2.60. The van der Waals surface area contributed by atoms with Gasteiger partial charge in [0.25, 0.3) is 0 Å². The fraction of sp³-hybridized carbons (Fsp3) is 0.615. The molecular weight excluding hydrogens is 202 g/mol. The first kappa shape index (κ1) is 14.9. The summed E-state index contributed by atoms with van der Waals surface area (Å²) < 4.78 is 4.50. The summed E-state index contributed by atoms with van der Waals surface area (Å²) >= 11 is 0. The van der Waals surface area contributed by atoms with Crippen molar-refractivity contribution in [3.8, 4) is 0 Å². The minimum Gasteiger partial charge on any atom is -0.466 e. The summed E-state index contributed by atoms with van der Waals surface area (Å²) in [5.74, 6) is 0.220. The zero-order chi connectivity index (χ0) is 12.6. The zero-order valence-electron chi connectivity index (χ0n) is 10.5. The molecule has 3 nitrogen and oxygen atoms in total. The molecule has 0 heterocycles. The molecule has 92 valence electrons. The molecule has 0 saturated carbocycles. The van der Waals surface area contributed by atoms with Crippen LogP contribution in [0.1, 0.15) is 33.1 Å². The van der Waals surface area contributed by atoms with E-state index in [0.29, 0.717) is 5.92 Å². The number of hydrogen-bond donors (Lipinski definition) is 1. The molecule has 16 heavy (non-hydrogen) atoms. The van der Waals surface area contributed by atoms with Crippen molar-refractivity contribution in [3.63, 3.8) is 0 Å². The topological polar surface area (TPSA) is 52.3 Å². The highest BCUT2D eigenvalue weighted by Gasteiger charge is 2.06. The molecular formula is C13H23NO2. The van der Waals surface area contributed by atoms with Crippen LogP contribution in [0, 0.1) is 5.92 Å². The molecule has 0 aromatic carbocycles. The average molecular weight is 225 g/mol. The van der Waals surface area contributed by atoms with Crippen molar-refractivity contribution in [2.24, 2.45) is 11.7 Å². The fourth-order valence-electron chi connectivity index (χ4n) is 1.29. The molecule has 0 radical (unpaired) electrons. The molecule has 0 aliphatic rings. The van der Waals surface area contributed by atoms with Crippen LogP contribution in [0.15, 0.2) is 24.3 Å². The highest BCUT2D eigenvalue weighted by atomic mass is 16.5. The van der Waals surface area contributed by atoms with Crippen molar-refractivity contribution in [2.75, 3.05) is 7.11 Å². The van der Waals surface area contributed by atoms with Crippen molar-refractivity contribution in [2.45, 2.75) is 39.2 Å². The van der Waals surface area contributed by atoms with Crippen LogP contribution in [0.3, 0.4) is 0 Å². The molecule has 3 heteroatoms. The Morgan fingerprint density at radius 1 is 1.50 bits per heavy atom. The van der Waals surface area contributed by atoms with Crippen LogP contribution in [0.5, 0.6) is 0 Å². The molecule has 0 amide bonds. The van der Waals surface area contributed by atoms with Gasteiger partial charge in [-0.15, -0.1) is 0 Å². The van der Waals surface area contributed by atoms with Gasteiger partial charge in [-0.1, -0.05) is 25.2 Å². The summed E-state index contributed by atoms with van der Waals surface area (Å²) in [5.41, 5.74) is 6.90. The van der Waals surface area contributed by atoms with Crippen LogP contribution in [0.2, 0.25) is 0 Å². The van der Waals surface area contributed by atoms with Crippen LogP contribution in [-0.4, -0.2) is 19.1 Å². The van der Waals surface area contributed by atoms with Gasteiger partial charge in [0, 0.05) is 12.1 Å². The number of carbonyl (C=O) groups excluding carboxylic acids is 1. The Bertz CT molecular complexity index is 259. The Hall–Kier alpha value is -1.09. The minimum absolute atomic E-state index is 0.0898. The second-order valence-electron chi connectivity index (χ2n) is 4.30. The molecule has 0 saturated heterocycles. The highest BCUT2D eigenvalue weighted by molar-refractivity contribution is 5.81. The molecule has 2 N–H and O–H groups in total. The molecule has 0 aromatic heterocycles. The van der Waals surface area contributed by atoms with Gasteiger partial charge in [-0.25, -0.2) is 4.79 Å². The molecule has 2 atom stereocenters. The second kappa shape index (κ2) is 8.11. The number of methoxy groups -OCH3 is 1. The van der Waals surface area contributed by atoms with Gasteiger partial charge in [0.1, 0.15) is 0 Å². The number of nitrogens with two attached hydrogens (primary N) is 1. The first-order valence-electron chi connectivity index (χ1n) is 5.62. The summed E-state index contributed by atoms with van der Waals surface area (Å²) in [6.45, 7) is 7.93. The van der Waals surface area contributed by atoms with E-state index in [1.54, 1.807) is 0 Å². The lowest BCUT2D eigenvalue weighted by Gasteiger charge is -2.14. The maximum Gasteiger partial charge on any atom is 0.330 e. The quantitative estimate of drug-likeness (QED) is 0.411. The largest absolute Gasteiger partial charge is 0.466 e. The Labute approximate surface area is 98.4 Å². The molecule has 0 spiro atoms. The van der Waals surface area contributed by atoms with Gasteiger partial charge in [-0.05, 0) is 32.1 Å². The molecule has 0 aliphatic heterocycles.